The van der Waals surface area contributed by atoms with Gasteiger partial charge in [-0.3, -0.25) is 0 Å². The zero-order chi connectivity index (χ0) is 15.2. The summed E-state index contributed by atoms with van der Waals surface area (Å²) >= 11 is 0. The van der Waals surface area contributed by atoms with Gasteiger partial charge in [-0.2, -0.15) is 15.8 Å². The number of aliphatic hydroxyl groups excluding tert-OH is 1. The highest BCUT2D eigenvalue weighted by Gasteiger charge is 2.18. The van der Waals surface area contributed by atoms with Gasteiger partial charge in [-0.05, 0) is 17.7 Å². The van der Waals surface area contributed by atoms with Gasteiger partial charge in [-0.1, -0.05) is 26.0 Å². The number of allylic oxidation sites excluding steroid dienone is 2. The van der Waals surface area contributed by atoms with Gasteiger partial charge in [0.15, 0.2) is 5.57 Å². The van der Waals surface area contributed by atoms with Crippen LogP contribution in [0.4, 0.5) is 5.69 Å². The van der Waals surface area contributed by atoms with Gasteiger partial charge in [-0.25, -0.2) is 0 Å². The lowest BCUT2D eigenvalue weighted by Crippen LogP contribution is -2.21. The van der Waals surface area contributed by atoms with E-state index in [1.54, 1.807) is 30.3 Å². The molecule has 0 aromatic heterocycles. The topological polar surface area (TPSA) is 104 Å². The molecule has 0 aliphatic rings. The minimum absolute atomic E-state index is 0.0239. The summed E-state index contributed by atoms with van der Waals surface area (Å²) in [6.07, 6.45) is 0. The molecule has 1 aromatic rings. The van der Waals surface area contributed by atoms with E-state index in [9.17, 15) is 5.11 Å². The molecule has 0 bridgehead atoms. The van der Waals surface area contributed by atoms with Gasteiger partial charge in [0, 0.05) is 11.1 Å². The molecule has 1 aromatic carbocycles. The lowest BCUT2D eigenvalue weighted by Gasteiger charge is -2.22. The van der Waals surface area contributed by atoms with Crippen LogP contribution in [0.25, 0.3) is 0 Å². The minimum atomic E-state index is -0.350. The summed E-state index contributed by atoms with van der Waals surface area (Å²) in [5, 5.41) is 38.5. The fourth-order valence-electron chi connectivity index (χ4n) is 1.52. The average Bonchev–Trinajstić information content (AvgIpc) is 2.47. The largest absolute Gasteiger partial charge is 0.395 e. The lowest BCUT2D eigenvalue weighted by molar-refractivity contribution is 0.218. The number of hydrogen-bond donors (Lipinski definition) is 2. The maximum absolute atomic E-state index is 9.30. The molecule has 5 heteroatoms. The quantitative estimate of drug-likeness (QED) is 0.813. The smallest absolute Gasteiger partial charge is 0.163 e. The summed E-state index contributed by atoms with van der Waals surface area (Å²) in [6, 6.07) is 12.2. The number of rotatable bonds is 4. The predicted molar refractivity (Wildman–Crippen MR) is 74.0 cm³/mol. The van der Waals surface area contributed by atoms with Crippen molar-refractivity contribution in [2.45, 2.75) is 19.3 Å². The third-order valence-electron chi connectivity index (χ3n) is 2.92. The average molecular weight is 266 g/mol. The van der Waals surface area contributed by atoms with E-state index in [1.165, 1.54) is 0 Å². The number of nitriles is 3. The third-order valence-corrected chi connectivity index (χ3v) is 2.92. The van der Waals surface area contributed by atoms with Crippen molar-refractivity contribution in [3.63, 3.8) is 0 Å². The van der Waals surface area contributed by atoms with Crippen LogP contribution in [-0.4, -0.2) is 11.7 Å². The normalized spacial score (nSPS) is 9.80. The first-order chi connectivity index (χ1) is 9.48. The molecule has 0 fully saturated rings. The molecule has 0 atom stereocenters. The molecule has 0 aliphatic carbocycles. The second kappa shape index (κ2) is 6.38. The molecule has 1 rings (SSSR count). The number of nitrogens with one attached hydrogen (secondary N) is 1. The van der Waals surface area contributed by atoms with Crippen LogP contribution >= 0.6 is 0 Å². The van der Waals surface area contributed by atoms with Crippen LogP contribution in [0.3, 0.4) is 0 Å². The predicted octanol–water partition coefficient (Wildman–Crippen LogP) is 2.19. The molecule has 0 aliphatic heterocycles. The Morgan fingerprint density at radius 1 is 1.10 bits per heavy atom. The fourth-order valence-corrected chi connectivity index (χ4v) is 1.52. The maximum Gasteiger partial charge on any atom is 0.163 e. The van der Waals surface area contributed by atoms with Gasteiger partial charge >= 0.3 is 0 Å². The Bertz CT molecular complexity index is 620. The van der Waals surface area contributed by atoms with Gasteiger partial charge in [0.05, 0.1) is 6.61 Å². The number of benzene rings is 1. The van der Waals surface area contributed by atoms with Crippen molar-refractivity contribution in [1.29, 1.82) is 15.8 Å². The first-order valence-corrected chi connectivity index (χ1v) is 5.91. The Kier molecular flexibility index (Phi) is 4.87. The van der Waals surface area contributed by atoms with Crippen molar-refractivity contribution < 1.29 is 5.11 Å². The van der Waals surface area contributed by atoms with Gasteiger partial charge in [0.25, 0.3) is 0 Å². The third kappa shape index (κ3) is 3.36. The van der Waals surface area contributed by atoms with Crippen molar-refractivity contribution in [3.8, 4) is 18.2 Å². The highest BCUT2D eigenvalue weighted by molar-refractivity contribution is 5.58. The summed E-state index contributed by atoms with van der Waals surface area (Å²) in [5.74, 6) is 0. The number of aliphatic hydroxyl groups is 1. The van der Waals surface area contributed by atoms with Crippen LogP contribution < -0.4 is 5.32 Å². The minimum Gasteiger partial charge on any atom is -0.395 e. The van der Waals surface area contributed by atoms with E-state index in [0.29, 0.717) is 5.69 Å². The standard InChI is InChI=1S/C15H14N4O/c1-15(2,10-20)12-3-5-13(6-4-12)19-14(9-18)11(7-16)8-17/h3-6,19-20H,10H2,1-2H3. The molecule has 0 amide bonds. The van der Waals surface area contributed by atoms with Crippen LogP contribution in [0, 0.1) is 34.0 Å². The Morgan fingerprint density at radius 2 is 1.65 bits per heavy atom. The zero-order valence-corrected chi connectivity index (χ0v) is 11.3. The molecular formula is C15H14N4O. The van der Waals surface area contributed by atoms with E-state index in [4.69, 9.17) is 15.8 Å². The Labute approximate surface area is 118 Å². The fraction of sp³-hybridized carbons (Fsp3) is 0.267. The van der Waals surface area contributed by atoms with Crippen molar-refractivity contribution in [2.24, 2.45) is 0 Å². The van der Waals surface area contributed by atoms with Crippen molar-refractivity contribution >= 4 is 5.69 Å². The van der Waals surface area contributed by atoms with Crippen molar-refractivity contribution in [1.82, 2.24) is 0 Å². The summed E-state index contributed by atoms with van der Waals surface area (Å²) in [6.45, 7) is 3.86. The molecule has 2 N–H and O–H groups in total. The molecule has 5 nitrogen and oxygen atoms in total. The Hall–Kier alpha value is -2.81. The molecule has 0 radical (unpaired) electrons. The lowest BCUT2D eigenvalue weighted by atomic mass is 9.85. The second-order valence-corrected chi connectivity index (χ2v) is 4.83. The van der Waals surface area contributed by atoms with Gasteiger partial charge in [0.1, 0.15) is 23.9 Å². The van der Waals surface area contributed by atoms with Gasteiger partial charge in [0.2, 0.25) is 0 Å². The Balaban J connectivity index is 3.04. The first-order valence-electron chi connectivity index (χ1n) is 5.91. The number of hydrogen-bond acceptors (Lipinski definition) is 5. The summed E-state index contributed by atoms with van der Waals surface area (Å²) in [4.78, 5) is 0. The van der Waals surface area contributed by atoms with Crippen LogP contribution in [-0.2, 0) is 5.41 Å². The van der Waals surface area contributed by atoms with Crippen LogP contribution in [0.2, 0.25) is 0 Å². The summed E-state index contributed by atoms with van der Waals surface area (Å²) < 4.78 is 0. The molecule has 20 heavy (non-hydrogen) atoms. The highest BCUT2D eigenvalue weighted by atomic mass is 16.3. The van der Waals surface area contributed by atoms with Gasteiger partial charge < -0.3 is 10.4 Å². The number of nitrogens with zero attached hydrogens (tertiary/aromatic N) is 3. The molecule has 0 spiro atoms. The molecule has 0 saturated carbocycles. The SMILES string of the molecule is CC(C)(CO)c1ccc(NC(C#N)=C(C#N)C#N)cc1. The molecule has 0 unspecified atom stereocenters. The molecular weight excluding hydrogens is 252 g/mol. The van der Waals surface area contributed by atoms with E-state index < -0.39 is 0 Å². The Morgan fingerprint density at radius 3 is 2.05 bits per heavy atom. The van der Waals surface area contributed by atoms with E-state index in [2.05, 4.69) is 5.32 Å². The van der Waals surface area contributed by atoms with Crippen molar-refractivity contribution in [3.05, 3.63) is 41.1 Å². The van der Waals surface area contributed by atoms with E-state index in [0.717, 1.165) is 5.56 Å². The molecule has 100 valence electrons. The summed E-state index contributed by atoms with van der Waals surface area (Å²) in [7, 11) is 0. The summed E-state index contributed by atoms with van der Waals surface area (Å²) in [5.41, 5.74) is 0.865. The maximum atomic E-state index is 9.30. The van der Waals surface area contributed by atoms with Gasteiger partial charge in [-0.15, -0.1) is 0 Å². The highest BCUT2D eigenvalue weighted by Crippen LogP contribution is 2.24. The van der Waals surface area contributed by atoms with E-state index in [1.807, 2.05) is 26.0 Å². The van der Waals surface area contributed by atoms with Crippen LogP contribution in [0.5, 0.6) is 0 Å². The van der Waals surface area contributed by atoms with Crippen LogP contribution in [0.1, 0.15) is 19.4 Å². The van der Waals surface area contributed by atoms with E-state index >= 15 is 0 Å². The zero-order valence-electron chi connectivity index (χ0n) is 11.3. The van der Waals surface area contributed by atoms with Crippen LogP contribution in [0.15, 0.2) is 35.5 Å². The van der Waals surface area contributed by atoms with E-state index in [-0.39, 0.29) is 23.3 Å². The monoisotopic (exact) mass is 266 g/mol. The van der Waals surface area contributed by atoms with Crippen molar-refractivity contribution in [2.75, 3.05) is 11.9 Å². The molecule has 0 saturated heterocycles. The number of anilines is 1. The first kappa shape index (κ1) is 15.2. The molecule has 0 heterocycles. The second-order valence-electron chi connectivity index (χ2n) is 4.83.